The molecular formula is C15H19FO2. The van der Waals surface area contributed by atoms with Gasteiger partial charge in [-0.15, -0.1) is 0 Å². The Morgan fingerprint density at radius 1 is 1.22 bits per heavy atom. The van der Waals surface area contributed by atoms with Crippen LogP contribution in [0.4, 0.5) is 4.39 Å². The summed E-state index contributed by atoms with van der Waals surface area (Å²) >= 11 is 0. The van der Waals surface area contributed by atoms with Gasteiger partial charge < -0.3 is 4.74 Å². The molecule has 18 heavy (non-hydrogen) atoms. The minimum atomic E-state index is -0.274. The molecule has 3 heteroatoms. The van der Waals surface area contributed by atoms with Gasteiger partial charge in [0.2, 0.25) is 0 Å². The molecule has 0 heterocycles. The van der Waals surface area contributed by atoms with Gasteiger partial charge in [-0.25, -0.2) is 4.39 Å². The minimum Gasteiger partial charge on any atom is -0.373 e. The van der Waals surface area contributed by atoms with Crippen LogP contribution in [-0.2, 0) is 16.0 Å². The Morgan fingerprint density at radius 3 is 2.56 bits per heavy atom. The van der Waals surface area contributed by atoms with E-state index in [1.54, 1.807) is 12.1 Å². The zero-order chi connectivity index (χ0) is 12.8. The summed E-state index contributed by atoms with van der Waals surface area (Å²) in [6.07, 6.45) is 5.36. The zero-order valence-electron chi connectivity index (χ0n) is 10.5. The molecule has 0 spiro atoms. The average molecular weight is 250 g/mol. The van der Waals surface area contributed by atoms with Crippen molar-refractivity contribution in [3.63, 3.8) is 0 Å². The highest BCUT2D eigenvalue weighted by atomic mass is 19.1. The summed E-state index contributed by atoms with van der Waals surface area (Å²) in [4.78, 5) is 11.7. The van der Waals surface area contributed by atoms with Gasteiger partial charge >= 0.3 is 0 Å². The Bertz CT molecular complexity index is 380. The molecule has 1 aliphatic carbocycles. The molecule has 1 saturated carbocycles. The first-order valence-electron chi connectivity index (χ1n) is 6.58. The van der Waals surface area contributed by atoms with Crippen molar-refractivity contribution in [2.75, 3.05) is 13.2 Å². The van der Waals surface area contributed by atoms with Crippen LogP contribution in [0, 0.1) is 11.7 Å². The number of Topliss-reactive ketones (excluding diaryl/α,β-unsaturated/α-hetero) is 1. The number of benzene rings is 1. The van der Waals surface area contributed by atoms with E-state index in [1.807, 2.05) is 0 Å². The molecule has 1 aromatic carbocycles. The first-order valence-corrected chi connectivity index (χ1v) is 6.58. The summed E-state index contributed by atoms with van der Waals surface area (Å²) in [5, 5.41) is 0. The fraction of sp³-hybridized carbons (Fsp3) is 0.533. The predicted molar refractivity (Wildman–Crippen MR) is 67.9 cm³/mol. The van der Waals surface area contributed by atoms with Gasteiger partial charge in [-0.1, -0.05) is 25.0 Å². The van der Waals surface area contributed by atoms with Crippen LogP contribution in [-0.4, -0.2) is 19.0 Å². The van der Waals surface area contributed by atoms with Gasteiger partial charge in [0, 0.05) is 13.0 Å². The lowest BCUT2D eigenvalue weighted by atomic mass is 10.1. The molecular weight excluding hydrogens is 231 g/mol. The minimum absolute atomic E-state index is 0.0552. The summed E-state index contributed by atoms with van der Waals surface area (Å²) in [5.41, 5.74) is 0.839. The smallest absolute Gasteiger partial charge is 0.162 e. The number of ether oxygens (including phenoxy) is 1. The number of ketones is 1. The first kappa shape index (κ1) is 13.2. The molecule has 98 valence electrons. The van der Waals surface area contributed by atoms with Crippen LogP contribution in [0.5, 0.6) is 0 Å². The SMILES string of the molecule is O=C(COCC1CCCC1)Cc1ccc(F)cc1. The second-order valence-electron chi connectivity index (χ2n) is 5.01. The van der Waals surface area contributed by atoms with E-state index in [4.69, 9.17) is 4.74 Å². The number of hydrogen-bond acceptors (Lipinski definition) is 2. The summed E-state index contributed by atoms with van der Waals surface area (Å²) < 4.78 is 18.1. The maximum Gasteiger partial charge on any atom is 0.162 e. The number of carbonyl (C=O) groups is 1. The fourth-order valence-electron chi connectivity index (χ4n) is 2.40. The normalized spacial score (nSPS) is 16.1. The van der Waals surface area contributed by atoms with Gasteiger partial charge in [-0.2, -0.15) is 0 Å². The number of hydrogen-bond donors (Lipinski definition) is 0. The molecule has 2 rings (SSSR count). The molecule has 0 unspecified atom stereocenters. The van der Waals surface area contributed by atoms with Crippen molar-refractivity contribution in [2.45, 2.75) is 32.1 Å². The molecule has 0 aromatic heterocycles. The second kappa shape index (κ2) is 6.64. The van der Waals surface area contributed by atoms with Crippen molar-refractivity contribution in [1.82, 2.24) is 0 Å². The Kier molecular flexibility index (Phi) is 4.88. The number of carbonyl (C=O) groups excluding carboxylic acids is 1. The third-order valence-electron chi connectivity index (χ3n) is 3.41. The van der Waals surface area contributed by atoms with E-state index in [0.717, 1.165) is 5.56 Å². The molecule has 0 atom stereocenters. The third kappa shape index (κ3) is 4.22. The lowest BCUT2D eigenvalue weighted by molar-refractivity contribution is -0.123. The number of rotatable bonds is 6. The van der Waals surface area contributed by atoms with Crippen LogP contribution in [0.3, 0.4) is 0 Å². The summed E-state index contributed by atoms with van der Waals surface area (Å²) in [6, 6.07) is 6.04. The van der Waals surface area contributed by atoms with E-state index in [0.29, 0.717) is 18.9 Å². The number of halogens is 1. The second-order valence-corrected chi connectivity index (χ2v) is 5.01. The van der Waals surface area contributed by atoms with E-state index in [9.17, 15) is 9.18 Å². The van der Waals surface area contributed by atoms with Gasteiger partial charge in [-0.05, 0) is 36.5 Å². The molecule has 1 aliphatic rings. The van der Waals surface area contributed by atoms with Crippen LogP contribution in [0.15, 0.2) is 24.3 Å². The Morgan fingerprint density at radius 2 is 1.89 bits per heavy atom. The predicted octanol–water partition coefficient (Wildman–Crippen LogP) is 3.14. The summed E-state index contributed by atoms with van der Waals surface area (Å²) in [6.45, 7) is 0.878. The van der Waals surface area contributed by atoms with Crippen molar-refractivity contribution in [1.29, 1.82) is 0 Å². The lowest BCUT2D eigenvalue weighted by Crippen LogP contribution is -2.15. The van der Waals surface area contributed by atoms with Crippen LogP contribution in [0.25, 0.3) is 0 Å². The van der Waals surface area contributed by atoms with Gasteiger partial charge in [-0.3, -0.25) is 4.79 Å². The van der Waals surface area contributed by atoms with Gasteiger partial charge in [0.15, 0.2) is 5.78 Å². The van der Waals surface area contributed by atoms with Crippen LogP contribution in [0.2, 0.25) is 0 Å². The molecule has 1 fully saturated rings. The van der Waals surface area contributed by atoms with Crippen molar-refractivity contribution < 1.29 is 13.9 Å². The summed E-state index contributed by atoms with van der Waals surface area (Å²) in [5.74, 6) is 0.423. The topological polar surface area (TPSA) is 26.3 Å². The van der Waals surface area contributed by atoms with E-state index in [2.05, 4.69) is 0 Å². The monoisotopic (exact) mass is 250 g/mol. The van der Waals surface area contributed by atoms with Crippen LogP contribution in [0.1, 0.15) is 31.2 Å². The third-order valence-corrected chi connectivity index (χ3v) is 3.41. The van der Waals surface area contributed by atoms with Gasteiger partial charge in [0.25, 0.3) is 0 Å². The standard InChI is InChI=1S/C15H19FO2/c16-14-7-5-12(6-8-14)9-15(17)11-18-10-13-3-1-2-4-13/h5-8,13H,1-4,9-11H2. The van der Waals surface area contributed by atoms with E-state index >= 15 is 0 Å². The first-order chi connectivity index (χ1) is 8.74. The average Bonchev–Trinajstić information content (AvgIpc) is 2.85. The maximum absolute atomic E-state index is 12.7. The van der Waals surface area contributed by atoms with Crippen LogP contribution < -0.4 is 0 Å². The molecule has 0 aliphatic heterocycles. The molecule has 0 bridgehead atoms. The molecule has 0 amide bonds. The van der Waals surface area contributed by atoms with Crippen molar-refractivity contribution >= 4 is 5.78 Å². The largest absolute Gasteiger partial charge is 0.373 e. The molecule has 0 saturated heterocycles. The quantitative estimate of drug-likeness (QED) is 0.775. The van der Waals surface area contributed by atoms with E-state index in [-0.39, 0.29) is 18.2 Å². The fourth-order valence-corrected chi connectivity index (χ4v) is 2.40. The van der Waals surface area contributed by atoms with E-state index in [1.165, 1.54) is 37.8 Å². The zero-order valence-corrected chi connectivity index (χ0v) is 10.5. The molecule has 1 aromatic rings. The van der Waals surface area contributed by atoms with Crippen molar-refractivity contribution in [3.8, 4) is 0 Å². The Hall–Kier alpha value is -1.22. The van der Waals surface area contributed by atoms with Gasteiger partial charge in [0.05, 0.1) is 0 Å². The maximum atomic E-state index is 12.7. The lowest BCUT2D eigenvalue weighted by Gasteiger charge is -2.09. The van der Waals surface area contributed by atoms with Crippen molar-refractivity contribution in [3.05, 3.63) is 35.6 Å². The highest BCUT2D eigenvalue weighted by Gasteiger charge is 2.15. The Labute approximate surface area is 107 Å². The highest BCUT2D eigenvalue weighted by Crippen LogP contribution is 2.24. The molecule has 0 radical (unpaired) electrons. The highest BCUT2D eigenvalue weighted by molar-refractivity contribution is 5.82. The molecule has 0 N–H and O–H groups in total. The molecule has 2 nitrogen and oxygen atoms in total. The van der Waals surface area contributed by atoms with Crippen molar-refractivity contribution in [2.24, 2.45) is 5.92 Å². The van der Waals surface area contributed by atoms with Crippen LogP contribution >= 0.6 is 0 Å². The summed E-state index contributed by atoms with van der Waals surface area (Å²) in [7, 11) is 0. The Balaban J connectivity index is 1.66. The van der Waals surface area contributed by atoms with Gasteiger partial charge in [0.1, 0.15) is 12.4 Å². The van der Waals surface area contributed by atoms with E-state index < -0.39 is 0 Å².